The molecule has 0 unspecified atom stereocenters. The summed E-state index contributed by atoms with van der Waals surface area (Å²) >= 11 is 2.05. The number of nitrogens with one attached hydrogen (secondary N) is 1. The average Bonchev–Trinajstić information content (AvgIpc) is 2.03. The second-order valence-electron chi connectivity index (χ2n) is 1.74. The number of hydrogen-bond acceptors (Lipinski definition) is 4. The summed E-state index contributed by atoms with van der Waals surface area (Å²) in [6.07, 6.45) is 0.729. The predicted molar refractivity (Wildman–Crippen MR) is 49.7 cm³/mol. The van der Waals surface area contributed by atoms with E-state index in [1.165, 1.54) is 0 Å². The molecule has 0 saturated heterocycles. The molecule has 0 radical (unpaired) electrons. The Hall–Kier alpha value is 0.280. The van der Waals surface area contributed by atoms with Crippen LogP contribution in [-0.2, 0) is 14.3 Å². The van der Waals surface area contributed by atoms with Gasteiger partial charge in [0.1, 0.15) is 12.9 Å². The van der Waals surface area contributed by atoms with Gasteiger partial charge in [-0.2, -0.15) is 0 Å². The molecule has 4 nitrogen and oxygen atoms in total. The Morgan fingerprint density at radius 1 is 1.27 bits per heavy atom. The highest BCUT2D eigenvalue weighted by atomic mass is 127. The quantitative estimate of drug-likeness (QED) is 0.296. The van der Waals surface area contributed by atoms with E-state index in [-0.39, 0.29) is 6.61 Å². The number of rotatable bonds is 8. The first-order chi connectivity index (χ1) is 5.41. The Kier molecular flexibility index (Phi) is 10.5. The largest absolute Gasteiger partial charge is 0.378 e. The standard InChI is InChI=1S/C6H12INO3/c7-8-1-3-10-5-6-11-4-2-9/h2,8H,1,3-6H2. The lowest BCUT2D eigenvalue weighted by atomic mass is 10.7. The van der Waals surface area contributed by atoms with E-state index in [1.807, 2.05) is 0 Å². The van der Waals surface area contributed by atoms with E-state index in [4.69, 9.17) is 9.47 Å². The molecular weight excluding hydrogens is 261 g/mol. The number of hydrogen-bond donors (Lipinski definition) is 1. The fourth-order valence-electron chi connectivity index (χ4n) is 0.462. The first-order valence-corrected chi connectivity index (χ1v) is 4.42. The number of carbonyl (C=O) groups is 1. The molecule has 0 atom stereocenters. The Morgan fingerprint density at radius 3 is 2.64 bits per heavy atom. The predicted octanol–water partition coefficient (Wildman–Crippen LogP) is 0.158. The molecule has 0 aromatic heterocycles. The summed E-state index contributed by atoms with van der Waals surface area (Å²) in [7, 11) is 0. The number of ether oxygens (including phenoxy) is 2. The molecule has 0 aliphatic rings. The topological polar surface area (TPSA) is 47.6 Å². The van der Waals surface area contributed by atoms with E-state index in [0.717, 1.165) is 12.8 Å². The van der Waals surface area contributed by atoms with Crippen molar-refractivity contribution in [3.63, 3.8) is 0 Å². The van der Waals surface area contributed by atoms with Crippen LogP contribution in [0, 0.1) is 0 Å². The van der Waals surface area contributed by atoms with Crippen LogP contribution >= 0.6 is 22.9 Å². The highest BCUT2D eigenvalue weighted by molar-refractivity contribution is 14.1. The molecule has 1 N–H and O–H groups in total. The van der Waals surface area contributed by atoms with Gasteiger partial charge < -0.3 is 14.3 Å². The zero-order valence-electron chi connectivity index (χ0n) is 6.22. The van der Waals surface area contributed by atoms with Crippen LogP contribution in [0.1, 0.15) is 0 Å². The second-order valence-corrected chi connectivity index (χ2v) is 2.50. The maximum atomic E-state index is 9.76. The third-order valence-corrected chi connectivity index (χ3v) is 1.44. The van der Waals surface area contributed by atoms with Crippen molar-refractivity contribution >= 4 is 29.2 Å². The third kappa shape index (κ3) is 10.3. The van der Waals surface area contributed by atoms with E-state index < -0.39 is 0 Å². The molecule has 0 saturated carbocycles. The maximum Gasteiger partial charge on any atom is 0.145 e. The molecule has 0 aliphatic heterocycles. The Bertz CT molecular complexity index is 91.9. The van der Waals surface area contributed by atoms with Crippen LogP contribution in [0.15, 0.2) is 0 Å². The van der Waals surface area contributed by atoms with Crippen molar-refractivity contribution in [1.82, 2.24) is 3.53 Å². The van der Waals surface area contributed by atoms with Gasteiger partial charge in [-0.1, -0.05) is 0 Å². The monoisotopic (exact) mass is 273 g/mol. The number of aldehydes is 1. The molecule has 11 heavy (non-hydrogen) atoms. The number of carbonyl (C=O) groups excluding carboxylic acids is 1. The fraction of sp³-hybridized carbons (Fsp3) is 0.833. The summed E-state index contributed by atoms with van der Waals surface area (Å²) in [4.78, 5) is 9.76. The van der Waals surface area contributed by atoms with Gasteiger partial charge in [-0.25, -0.2) is 0 Å². The van der Waals surface area contributed by atoms with E-state index in [2.05, 4.69) is 26.4 Å². The molecular formula is C6H12INO3. The highest BCUT2D eigenvalue weighted by Crippen LogP contribution is 1.77. The van der Waals surface area contributed by atoms with E-state index in [0.29, 0.717) is 19.8 Å². The molecule has 0 amide bonds. The van der Waals surface area contributed by atoms with Gasteiger partial charge in [0.15, 0.2) is 0 Å². The van der Waals surface area contributed by atoms with Gasteiger partial charge in [-0.15, -0.1) is 0 Å². The second kappa shape index (κ2) is 10.3. The van der Waals surface area contributed by atoms with Crippen LogP contribution < -0.4 is 3.53 Å². The fourth-order valence-corrected chi connectivity index (χ4v) is 0.682. The molecule has 66 valence electrons. The van der Waals surface area contributed by atoms with E-state index >= 15 is 0 Å². The molecule has 5 heteroatoms. The summed E-state index contributed by atoms with van der Waals surface area (Å²) in [5, 5.41) is 0. The zero-order chi connectivity index (χ0) is 8.36. The van der Waals surface area contributed by atoms with Gasteiger partial charge in [0.25, 0.3) is 0 Å². The normalized spacial score (nSPS) is 9.91. The average molecular weight is 273 g/mol. The third-order valence-electron chi connectivity index (χ3n) is 0.899. The Balaban J connectivity index is 2.74. The molecule has 0 aromatic rings. The van der Waals surface area contributed by atoms with Crippen LogP contribution in [0.2, 0.25) is 0 Å². The minimum atomic E-state index is 0.161. The lowest BCUT2D eigenvalue weighted by Crippen LogP contribution is -2.12. The van der Waals surface area contributed by atoms with Crippen molar-refractivity contribution in [2.45, 2.75) is 0 Å². The summed E-state index contributed by atoms with van der Waals surface area (Å²) in [6, 6.07) is 0. The van der Waals surface area contributed by atoms with Gasteiger partial charge in [0.2, 0.25) is 0 Å². The van der Waals surface area contributed by atoms with Crippen LogP contribution in [0.5, 0.6) is 0 Å². The van der Waals surface area contributed by atoms with Gasteiger partial charge >= 0.3 is 0 Å². The van der Waals surface area contributed by atoms with Crippen LogP contribution in [-0.4, -0.2) is 39.3 Å². The van der Waals surface area contributed by atoms with E-state index in [1.54, 1.807) is 0 Å². The molecule has 0 rings (SSSR count). The maximum absolute atomic E-state index is 9.76. The minimum absolute atomic E-state index is 0.161. The highest BCUT2D eigenvalue weighted by Gasteiger charge is 1.87. The molecule has 0 aliphatic carbocycles. The van der Waals surface area contributed by atoms with Gasteiger partial charge in [-0.05, 0) is 0 Å². The molecule has 0 heterocycles. The van der Waals surface area contributed by atoms with Crippen LogP contribution in [0.4, 0.5) is 0 Å². The smallest absolute Gasteiger partial charge is 0.145 e. The van der Waals surface area contributed by atoms with Crippen LogP contribution in [0.3, 0.4) is 0 Å². The lowest BCUT2D eigenvalue weighted by molar-refractivity contribution is -0.112. The van der Waals surface area contributed by atoms with Crippen molar-refractivity contribution in [3.8, 4) is 0 Å². The first kappa shape index (κ1) is 11.3. The minimum Gasteiger partial charge on any atom is -0.378 e. The van der Waals surface area contributed by atoms with E-state index in [9.17, 15) is 4.79 Å². The lowest BCUT2D eigenvalue weighted by Gasteiger charge is -2.01. The van der Waals surface area contributed by atoms with Crippen molar-refractivity contribution < 1.29 is 14.3 Å². The summed E-state index contributed by atoms with van der Waals surface area (Å²) in [5.74, 6) is 0. The molecule has 0 aromatic carbocycles. The SMILES string of the molecule is O=CCOCCOCCNI. The van der Waals surface area contributed by atoms with Gasteiger partial charge in [0, 0.05) is 29.4 Å². The van der Waals surface area contributed by atoms with Crippen molar-refractivity contribution in [2.24, 2.45) is 0 Å². The van der Waals surface area contributed by atoms with Crippen molar-refractivity contribution in [2.75, 3.05) is 33.0 Å². The summed E-state index contributed by atoms with van der Waals surface area (Å²) in [5.41, 5.74) is 0. The summed E-state index contributed by atoms with van der Waals surface area (Å²) in [6.45, 7) is 2.70. The Labute approximate surface area is 80.1 Å². The molecule has 0 spiro atoms. The van der Waals surface area contributed by atoms with Gasteiger partial charge in [0.05, 0.1) is 19.8 Å². The molecule has 0 bridgehead atoms. The van der Waals surface area contributed by atoms with Crippen LogP contribution in [0.25, 0.3) is 0 Å². The van der Waals surface area contributed by atoms with Gasteiger partial charge in [-0.3, -0.25) is 3.53 Å². The Morgan fingerprint density at radius 2 is 2.00 bits per heavy atom. The van der Waals surface area contributed by atoms with Crippen molar-refractivity contribution in [1.29, 1.82) is 0 Å². The number of halogens is 1. The van der Waals surface area contributed by atoms with Crippen molar-refractivity contribution in [3.05, 3.63) is 0 Å². The first-order valence-electron chi connectivity index (χ1n) is 3.34. The molecule has 0 fully saturated rings. The zero-order valence-corrected chi connectivity index (χ0v) is 8.37. The summed E-state index contributed by atoms with van der Waals surface area (Å²) < 4.78 is 12.9.